The molecule has 0 aliphatic carbocycles. The molecular formula is C26H19NO6. The van der Waals surface area contributed by atoms with Gasteiger partial charge in [0.1, 0.15) is 22.7 Å². The Morgan fingerprint density at radius 2 is 1.30 bits per heavy atom. The standard InChI is InChI=1S/C26H19NO6/c1-13-5-7-18-16(10-13)23(28)21(25(30)32-18)20(15-4-3-9-27-12-15)22-24(29)17-11-14(2)6-8-19(17)33-26(22)31/h3-12,20,28-29H,1-2H3. The summed E-state index contributed by atoms with van der Waals surface area (Å²) in [7, 11) is 0. The largest absolute Gasteiger partial charge is 0.507 e. The van der Waals surface area contributed by atoms with Crippen molar-refractivity contribution in [3.8, 4) is 11.5 Å². The van der Waals surface area contributed by atoms with E-state index in [9.17, 15) is 19.8 Å². The fourth-order valence-electron chi connectivity index (χ4n) is 4.16. The van der Waals surface area contributed by atoms with E-state index in [1.54, 1.807) is 54.7 Å². The number of pyridine rings is 1. The predicted octanol–water partition coefficient (Wildman–Crippen LogP) is 4.50. The van der Waals surface area contributed by atoms with Gasteiger partial charge in [-0.15, -0.1) is 0 Å². The van der Waals surface area contributed by atoms with Crippen molar-refractivity contribution in [2.45, 2.75) is 19.8 Å². The minimum atomic E-state index is -1.18. The zero-order valence-electron chi connectivity index (χ0n) is 17.8. The summed E-state index contributed by atoms with van der Waals surface area (Å²) >= 11 is 0. The second-order valence-electron chi connectivity index (χ2n) is 8.02. The third-order valence-electron chi connectivity index (χ3n) is 5.73. The number of fused-ring (bicyclic) bond motifs is 2. The first kappa shape index (κ1) is 20.5. The molecule has 0 saturated carbocycles. The van der Waals surface area contributed by atoms with Crippen molar-refractivity contribution in [1.82, 2.24) is 4.98 Å². The molecule has 0 amide bonds. The van der Waals surface area contributed by atoms with E-state index in [1.165, 1.54) is 6.20 Å². The number of rotatable bonds is 3. The van der Waals surface area contributed by atoms with E-state index in [2.05, 4.69) is 4.98 Å². The number of benzene rings is 2. The van der Waals surface area contributed by atoms with Crippen LogP contribution in [0.2, 0.25) is 0 Å². The van der Waals surface area contributed by atoms with E-state index in [0.717, 1.165) is 11.1 Å². The number of nitrogens with zero attached hydrogens (tertiary/aromatic N) is 1. The lowest BCUT2D eigenvalue weighted by atomic mass is 9.85. The SMILES string of the molecule is Cc1ccc2oc(=O)c(C(c3cccnc3)c3c(O)c4cc(C)ccc4oc3=O)c(O)c2c1. The van der Waals surface area contributed by atoms with Crippen molar-refractivity contribution < 1.29 is 19.0 Å². The van der Waals surface area contributed by atoms with Crippen LogP contribution in [0.15, 0.2) is 79.3 Å². The maximum Gasteiger partial charge on any atom is 0.344 e. The predicted molar refractivity (Wildman–Crippen MR) is 123 cm³/mol. The van der Waals surface area contributed by atoms with Gasteiger partial charge in [-0.2, -0.15) is 0 Å². The number of aromatic hydroxyl groups is 2. The van der Waals surface area contributed by atoms with Crippen molar-refractivity contribution in [3.63, 3.8) is 0 Å². The van der Waals surface area contributed by atoms with Crippen LogP contribution in [-0.4, -0.2) is 15.2 Å². The topological polar surface area (TPSA) is 114 Å². The Kier molecular flexibility index (Phi) is 4.74. The molecule has 0 spiro atoms. The van der Waals surface area contributed by atoms with E-state index in [4.69, 9.17) is 8.83 Å². The van der Waals surface area contributed by atoms with Crippen molar-refractivity contribution >= 4 is 21.9 Å². The van der Waals surface area contributed by atoms with Gasteiger partial charge < -0.3 is 19.0 Å². The van der Waals surface area contributed by atoms with Crippen molar-refractivity contribution in [2.24, 2.45) is 0 Å². The molecule has 0 aliphatic rings. The average Bonchev–Trinajstić information content (AvgIpc) is 2.80. The zero-order chi connectivity index (χ0) is 23.3. The lowest BCUT2D eigenvalue weighted by Crippen LogP contribution is -2.21. The number of aromatic nitrogens is 1. The van der Waals surface area contributed by atoms with Crippen LogP contribution in [-0.2, 0) is 0 Å². The number of hydrogen-bond donors (Lipinski definition) is 2. The van der Waals surface area contributed by atoms with Gasteiger partial charge in [0, 0.05) is 12.4 Å². The van der Waals surface area contributed by atoms with E-state index in [-0.39, 0.29) is 33.8 Å². The van der Waals surface area contributed by atoms with Crippen LogP contribution >= 0.6 is 0 Å². The summed E-state index contributed by atoms with van der Waals surface area (Å²) in [6.45, 7) is 3.68. The first-order valence-corrected chi connectivity index (χ1v) is 10.3. The average molecular weight is 441 g/mol. The Morgan fingerprint density at radius 1 is 0.788 bits per heavy atom. The molecule has 164 valence electrons. The molecule has 2 N–H and O–H groups in total. The molecule has 2 aromatic carbocycles. The minimum Gasteiger partial charge on any atom is -0.507 e. The molecule has 0 fully saturated rings. The van der Waals surface area contributed by atoms with Gasteiger partial charge in [-0.05, 0) is 49.7 Å². The molecule has 0 bridgehead atoms. The molecular weight excluding hydrogens is 422 g/mol. The maximum atomic E-state index is 13.1. The summed E-state index contributed by atoms with van der Waals surface area (Å²) in [6.07, 6.45) is 3.00. The van der Waals surface area contributed by atoms with Gasteiger partial charge in [-0.3, -0.25) is 4.98 Å². The Bertz CT molecular complexity index is 1540. The highest BCUT2D eigenvalue weighted by Crippen LogP contribution is 2.41. The maximum absolute atomic E-state index is 13.1. The summed E-state index contributed by atoms with van der Waals surface area (Å²) in [6, 6.07) is 13.4. The number of hydrogen-bond acceptors (Lipinski definition) is 7. The summed E-state index contributed by atoms with van der Waals surface area (Å²) in [4.78, 5) is 30.3. The second kappa shape index (κ2) is 7.63. The first-order valence-electron chi connectivity index (χ1n) is 10.3. The zero-order valence-corrected chi connectivity index (χ0v) is 17.8. The second-order valence-corrected chi connectivity index (χ2v) is 8.02. The molecule has 3 aromatic heterocycles. The van der Waals surface area contributed by atoms with Crippen LogP contribution in [0.5, 0.6) is 11.5 Å². The smallest absolute Gasteiger partial charge is 0.344 e. The summed E-state index contributed by atoms with van der Waals surface area (Å²) in [5.74, 6) is -1.84. The van der Waals surface area contributed by atoms with E-state index in [1.807, 2.05) is 13.8 Å². The number of aryl methyl sites for hydroxylation is 2. The van der Waals surface area contributed by atoms with Gasteiger partial charge in [-0.25, -0.2) is 9.59 Å². The Hall–Kier alpha value is -4.39. The lowest BCUT2D eigenvalue weighted by Gasteiger charge is -2.19. The molecule has 0 unspecified atom stereocenters. The summed E-state index contributed by atoms with van der Waals surface area (Å²) in [5.41, 5.74) is 0.484. The van der Waals surface area contributed by atoms with Crippen LogP contribution in [0.25, 0.3) is 21.9 Å². The molecule has 33 heavy (non-hydrogen) atoms. The van der Waals surface area contributed by atoms with Crippen molar-refractivity contribution in [3.05, 3.63) is 110 Å². The first-order chi connectivity index (χ1) is 15.8. The van der Waals surface area contributed by atoms with Gasteiger partial charge in [-0.1, -0.05) is 29.3 Å². The Morgan fingerprint density at radius 3 is 1.76 bits per heavy atom. The van der Waals surface area contributed by atoms with E-state index < -0.39 is 17.2 Å². The fraction of sp³-hybridized carbons (Fsp3) is 0.115. The van der Waals surface area contributed by atoms with Crippen LogP contribution < -0.4 is 11.3 Å². The van der Waals surface area contributed by atoms with Gasteiger partial charge in [0.25, 0.3) is 0 Å². The van der Waals surface area contributed by atoms with Gasteiger partial charge in [0.15, 0.2) is 0 Å². The quantitative estimate of drug-likeness (QED) is 0.396. The highest BCUT2D eigenvalue weighted by Gasteiger charge is 2.32. The Labute approximate surface area is 187 Å². The molecule has 7 heteroatoms. The molecule has 7 nitrogen and oxygen atoms in total. The highest BCUT2D eigenvalue weighted by atomic mass is 16.4. The third-order valence-corrected chi connectivity index (χ3v) is 5.73. The van der Waals surface area contributed by atoms with E-state index in [0.29, 0.717) is 16.3 Å². The molecule has 0 aliphatic heterocycles. The molecule has 5 rings (SSSR count). The van der Waals surface area contributed by atoms with Crippen molar-refractivity contribution in [2.75, 3.05) is 0 Å². The molecule has 3 heterocycles. The third kappa shape index (κ3) is 3.34. The van der Waals surface area contributed by atoms with Gasteiger partial charge >= 0.3 is 11.3 Å². The molecule has 0 saturated heterocycles. The monoisotopic (exact) mass is 441 g/mol. The summed E-state index contributed by atoms with van der Waals surface area (Å²) in [5, 5.41) is 23.0. The lowest BCUT2D eigenvalue weighted by molar-refractivity contribution is 0.441. The van der Waals surface area contributed by atoms with Gasteiger partial charge in [0.05, 0.1) is 27.8 Å². The van der Waals surface area contributed by atoms with Crippen LogP contribution in [0.4, 0.5) is 0 Å². The molecule has 5 aromatic rings. The molecule has 0 atom stereocenters. The van der Waals surface area contributed by atoms with Crippen LogP contribution in [0.3, 0.4) is 0 Å². The summed E-state index contributed by atoms with van der Waals surface area (Å²) < 4.78 is 11.0. The molecule has 0 radical (unpaired) electrons. The van der Waals surface area contributed by atoms with Crippen molar-refractivity contribution in [1.29, 1.82) is 0 Å². The van der Waals surface area contributed by atoms with Crippen LogP contribution in [0, 0.1) is 13.8 Å². The van der Waals surface area contributed by atoms with Gasteiger partial charge in [0.2, 0.25) is 0 Å². The minimum absolute atomic E-state index is 0.185. The van der Waals surface area contributed by atoms with E-state index >= 15 is 0 Å². The Balaban J connectivity index is 1.91. The highest BCUT2D eigenvalue weighted by molar-refractivity contribution is 5.87. The normalized spacial score (nSPS) is 11.5. The fourth-order valence-corrected chi connectivity index (χ4v) is 4.16. The van der Waals surface area contributed by atoms with Crippen LogP contribution in [0.1, 0.15) is 33.7 Å².